The van der Waals surface area contributed by atoms with Crippen molar-refractivity contribution in [1.82, 2.24) is 0 Å². The molecule has 160 valence electrons. The Balaban J connectivity index is 1.24. The highest BCUT2D eigenvalue weighted by Crippen LogP contribution is 2.59. The van der Waals surface area contributed by atoms with Crippen LogP contribution in [-0.2, 0) is 28.7 Å². The first kappa shape index (κ1) is 18.6. The van der Waals surface area contributed by atoms with Gasteiger partial charge < -0.3 is 18.9 Å². The van der Waals surface area contributed by atoms with E-state index in [4.69, 9.17) is 18.9 Å². The number of rotatable bonds is 4. The number of benzene rings is 1. The lowest BCUT2D eigenvalue weighted by Gasteiger charge is -2.30. The molecular formula is C23H20O8. The Morgan fingerprint density at radius 3 is 2.68 bits per heavy atom. The molecule has 8 unspecified atom stereocenters. The zero-order valence-corrected chi connectivity index (χ0v) is 16.7. The average Bonchev–Trinajstić information content (AvgIpc) is 3.26. The van der Waals surface area contributed by atoms with E-state index in [1.807, 2.05) is 6.07 Å². The van der Waals surface area contributed by atoms with Gasteiger partial charge in [-0.25, -0.2) is 4.79 Å². The Bertz CT molecular complexity index is 1070. The third-order valence-corrected chi connectivity index (χ3v) is 7.32. The topological polar surface area (TPSA) is 105 Å². The van der Waals surface area contributed by atoms with E-state index in [9.17, 15) is 19.2 Å². The molecule has 2 heterocycles. The summed E-state index contributed by atoms with van der Waals surface area (Å²) in [5.41, 5.74) is 1.18. The van der Waals surface area contributed by atoms with E-state index in [0.717, 1.165) is 12.0 Å². The lowest BCUT2D eigenvalue weighted by Crippen LogP contribution is -2.44. The summed E-state index contributed by atoms with van der Waals surface area (Å²) in [5.74, 6) is -2.95. The number of carbonyl (C=O) groups is 4. The van der Waals surface area contributed by atoms with Crippen LogP contribution in [-0.4, -0.2) is 36.1 Å². The number of hydrogen-bond donors (Lipinski definition) is 0. The van der Waals surface area contributed by atoms with Gasteiger partial charge in [0.1, 0.15) is 23.7 Å². The number of fused-ring (bicyclic) bond motifs is 4. The fourth-order valence-electron chi connectivity index (χ4n) is 5.83. The standard InChI is InChI=1S/C23H20O8/c1-8(2)20(24)30-18-13-7-14-17(23(27)31-19(14)18)16(13)22(26)28-9-3-4-10-11-6-12(11)21(25)29-15(10)5-9/h3-5,11-14,16-19H,1,6-7H2,2H3. The monoisotopic (exact) mass is 424 g/mol. The second kappa shape index (κ2) is 6.18. The Kier molecular flexibility index (Phi) is 3.71. The minimum absolute atomic E-state index is 0.0601. The van der Waals surface area contributed by atoms with E-state index < -0.39 is 42.0 Å². The molecule has 3 aliphatic carbocycles. The summed E-state index contributed by atoms with van der Waals surface area (Å²) in [6.45, 7) is 5.12. The van der Waals surface area contributed by atoms with Crippen molar-refractivity contribution in [1.29, 1.82) is 0 Å². The predicted molar refractivity (Wildman–Crippen MR) is 102 cm³/mol. The Morgan fingerprint density at radius 2 is 1.90 bits per heavy atom. The molecular weight excluding hydrogens is 404 g/mol. The van der Waals surface area contributed by atoms with Crippen molar-refractivity contribution in [3.05, 3.63) is 35.9 Å². The third-order valence-electron chi connectivity index (χ3n) is 7.32. The van der Waals surface area contributed by atoms with Gasteiger partial charge in [0.05, 0.1) is 17.8 Å². The van der Waals surface area contributed by atoms with Gasteiger partial charge in [-0.15, -0.1) is 0 Å². The van der Waals surface area contributed by atoms with Gasteiger partial charge >= 0.3 is 23.9 Å². The lowest BCUT2D eigenvalue weighted by atomic mass is 9.78. The molecule has 31 heavy (non-hydrogen) atoms. The number of esters is 4. The first-order chi connectivity index (χ1) is 14.8. The second-order valence-electron chi connectivity index (χ2n) is 9.16. The van der Waals surface area contributed by atoms with Gasteiger partial charge in [0.25, 0.3) is 0 Å². The van der Waals surface area contributed by atoms with Gasteiger partial charge in [0, 0.05) is 29.4 Å². The normalized spacial score (nSPS) is 38.0. The highest BCUT2D eigenvalue weighted by atomic mass is 16.6. The smallest absolute Gasteiger partial charge is 0.333 e. The van der Waals surface area contributed by atoms with Crippen LogP contribution >= 0.6 is 0 Å². The van der Waals surface area contributed by atoms with Gasteiger partial charge in [-0.2, -0.15) is 0 Å². The summed E-state index contributed by atoms with van der Waals surface area (Å²) < 4.78 is 22.0. The highest BCUT2D eigenvalue weighted by Gasteiger charge is 2.70. The van der Waals surface area contributed by atoms with E-state index in [2.05, 4.69) is 6.58 Å². The van der Waals surface area contributed by atoms with Crippen molar-refractivity contribution in [2.75, 3.05) is 0 Å². The Morgan fingerprint density at radius 1 is 1.10 bits per heavy atom. The van der Waals surface area contributed by atoms with E-state index >= 15 is 0 Å². The summed E-state index contributed by atoms with van der Waals surface area (Å²) in [5, 5.41) is 0. The maximum Gasteiger partial charge on any atom is 0.333 e. The van der Waals surface area contributed by atoms with Crippen LogP contribution in [0.4, 0.5) is 0 Å². The molecule has 8 atom stereocenters. The van der Waals surface area contributed by atoms with Crippen LogP contribution < -0.4 is 9.47 Å². The van der Waals surface area contributed by atoms with Crippen molar-refractivity contribution < 1.29 is 38.1 Å². The van der Waals surface area contributed by atoms with Crippen LogP contribution in [0.3, 0.4) is 0 Å². The highest BCUT2D eigenvalue weighted by molar-refractivity contribution is 5.89. The molecule has 0 spiro atoms. The van der Waals surface area contributed by atoms with Crippen LogP contribution in [0.25, 0.3) is 0 Å². The van der Waals surface area contributed by atoms with Gasteiger partial charge in [-0.1, -0.05) is 12.6 Å². The van der Waals surface area contributed by atoms with Crippen LogP contribution in [0.15, 0.2) is 30.4 Å². The lowest BCUT2D eigenvalue weighted by molar-refractivity contribution is -0.160. The number of hydrogen-bond acceptors (Lipinski definition) is 8. The van der Waals surface area contributed by atoms with Crippen molar-refractivity contribution in [3.8, 4) is 11.5 Å². The van der Waals surface area contributed by atoms with Crippen molar-refractivity contribution in [2.24, 2.45) is 29.6 Å². The van der Waals surface area contributed by atoms with Gasteiger partial charge in [0.2, 0.25) is 0 Å². The van der Waals surface area contributed by atoms with Crippen molar-refractivity contribution in [2.45, 2.75) is 37.9 Å². The maximum atomic E-state index is 13.1. The van der Waals surface area contributed by atoms with Gasteiger partial charge in [-0.3, -0.25) is 14.4 Å². The Hall–Kier alpha value is -3.16. The summed E-state index contributed by atoms with van der Waals surface area (Å²) in [6.07, 6.45) is 0.126. The van der Waals surface area contributed by atoms with Crippen LogP contribution in [0.1, 0.15) is 31.2 Å². The van der Waals surface area contributed by atoms with Crippen LogP contribution in [0, 0.1) is 29.6 Å². The molecule has 4 fully saturated rings. The number of ether oxygens (including phenoxy) is 4. The SMILES string of the molecule is C=C(C)C(=O)OC1C2CC3C1OC(=O)C3C2C(=O)Oc1ccc2c(c1)OC(=O)C1CC21. The first-order valence-corrected chi connectivity index (χ1v) is 10.5. The minimum Gasteiger partial charge on any atom is -0.458 e. The van der Waals surface area contributed by atoms with E-state index in [1.165, 1.54) is 6.92 Å². The molecule has 0 amide bonds. The molecule has 2 aliphatic heterocycles. The van der Waals surface area contributed by atoms with Crippen LogP contribution in [0.5, 0.6) is 11.5 Å². The summed E-state index contributed by atoms with van der Waals surface area (Å²) in [4.78, 5) is 49.5. The van der Waals surface area contributed by atoms with Crippen molar-refractivity contribution >= 4 is 23.9 Å². The zero-order valence-electron chi connectivity index (χ0n) is 16.7. The molecule has 1 saturated heterocycles. The molecule has 1 aromatic rings. The molecule has 8 nitrogen and oxygen atoms in total. The fourth-order valence-corrected chi connectivity index (χ4v) is 5.83. The molecule has 1 aromatic carbocycles. The molecule has 0 aromatic heterocycles. The third kappa shape index (κ3) is 2.60. The number of carbonyl (C=O) groups excluding carboxylic acids is 4. The van der Waals surface area contributed by atoms with E-state index in [1.54, 1.807) is 12.1 Å². The summed E-state index contributed by atoms with van der Waals surface area (Å²) >= 11 is 0. The van der Waals surface area contributed by atoms with Gasteiger partial charge in [-0.05, 0) is 31.4 Å². The maximum absolute atomic E-state index is 13.1. The largest absolute Gasteiger partial charge is 0.458 e. The van der Waals surface area contributed by atoms with Crippen LogP contribution in [0.2, 0.25) is 0 Å². The molecule has 0 N–H and O–H groups in total. The summed E-state index contributed by atoms with van der Waals surface area (Å²) in [7, 11) is 0. The average molecular weight is 424 g/mol. The molecule has 8 heteroatoms. The molecule has 6 rings (SSSR count). The Labute approximate surface area is 177 Å². The fraction of sp³-hybridized carbons (Fsp3) is 0.478. The first-order valence-electron chi connectivity index (χ1n) is 10.5. The molecule has 0 radical (unpaired) electrons. The van der Waals surface area contributed by atoms with E-state index in [0.29, 0.717) is 12.2 Å². The van der Waals surface area contributed by atoms with Crippen molar-refractivity contribution in [3.63, 3.8) is 0 Å². The molecule has 3 saturated carbocycles. The predicted octanol–water partition coefficient (Wildman–Crippen LogP) is 1.91. The molecule has 2 bridgehead atoms. The quantitative estimate of drug-likeness (QED) is 0.410. The second-order valence-corrected chi connectivity index (χ2v) is 9.16. The van der Waals surface area contributed by atoms with Gasteiger partial charge in [0.15, 0.2) is 0 Å². The molecule has 5 aliphatic rings. The van der Waals surface area contributed by atoms with E-state index in [-0.39, 0.29) is 41.0 Å². The minimum atomic E-state index is -0.759. The summed E-state index contributed by atoms with van der Waals surface area (Å²) in [6, 6.07) is 5.03. The zero-order chi connectivity index (χ0) is 21.6.